The predicted octanol–water partition coefficient (Wildman–Crippen LogP) is 5.39. The van der Waals surface area contributed by atoms with Gasteiger partial charge in [0.05, 0.1) is 1.37 Å². The third kappa shape index (κ3) is 3.36. The van der Waals surface area contributed by atoms with Crippen molar-refractivity contribution in [2.75, 3.05) is 26.2 Å². The molecule has 0 bridgehead atoms. The summed E-state index contributed by atoms with van der Waals surface area (Å²) in [5.74, 6) is -1.22. The molecule has 0 fully saturated rings. The van der Waals surface area contributed by atoms with Crippen molar-refractivity contribution < 1.29 is 5.48 Å². The predicted molar refractivity (Wildman–Crippen MR) is 126 cm³/mol. The van der Waals surface area contributed by atoms with E-state index in [4.69, 9.17) is 4.11 Å². The van der Waals surface area contributed by atoms with Crippen molar-refractivity contribution in [3.05, 3.63) is 93.6 Å². The van der Waals surface area contributed by atoms with Crippen molar-refractivity contribution in [2.24, 2.45) is 0 Å². The number of rotatable bonds is 3. The number of fused-ring (bicyclic) bond motifs is 3. The highest BCUT2D eigenvalue weighted by atomic mass is 15.2. The molecule has 3 aliphatic rings. The lowest BCUT2D eigenvalue weighted by atomic mass is 9.71. The van der Waals surface area contributed by atoms with Gasteiger partial charge in [0.15, 0.2) is 0 Å². The molecule has 1 aliphatic carbocycles. The van der Waals surface area contributed by atoms with E-state index in [1.165, 1.54) is 0 Å². The fourth-order valence-corrected chi connectivity index (χ4v) is 4.84. The Morgan fingerprint density at radius 3 is 2.07 bits per heavy atom. The van der Waals surface area contributed by atoms with Crippen LogP contribution < -0.4 is 0 Å². The van der Waals surface area contributed by atoms with Gasteiger partial charge < -0.3 is 0 Å². The number of hydrogen-bond donors (Lipinski definition) is 0. The minimum atomic E-state index is -1.66. The van der Waals surface area contributed by atoms with Crippen molar-refractivity contribution in [1.82, 2.24) is 9.80 Å². The van der Waals surface area contributed by atoms with Crippen molar-refractivity contribution in [3.8, 4) is 0 Å². The zero-order valence-electron chi connectivity index (χ0n) is 22.5. The molecule has 5 rings (SSSR count). The topological polar surface area (TPSA) is 6.48 Å². The Balaban J connectivity index is 1.84. The lowest BCUT2D eigenvalue weighted by Crippen LogP contribution is -2.45. The van der Waals surface area contributed by atoms with Crippen LogP contribution in [0.1, 0.15) is 61.3 Å². The van der Waals surface area contributed by atoms with Crippen LogP contribution in [0.25, 0.3) is 0 Å². The quantitative estimate of drug-likeness (QED) is 0.679. The number of benzene rings is 2. The number of nitrogens with zero attached hydrogens (tertiary/aromatic N) is 2. The van der Waals surface area contributed by atoms with Crippen LogP contribution >= 0.6 is 0 Å². The molecule has 0 saturated heterocycles. The average molecular weight is 403 g/mol. The van der Waals surface area contributed by atoms with Crippen molar-refractivity contribution in [1.29, 1.82) is 0 Å². The minimum absolute atomic E-state index is 0.282. The summed E-state index contributed by atoms with van der Waals surface area (Å²) in [6, 6.07) is 16.4. The molecule has 2 aromatic rings. The van der Waals surface area contributed by atoms with E-state index in [-0.39, 0.29) is 6.04 Å². The fraction of sp³-hybridized carbons (Fsp3) is 0.429. The van der Waals surface area contributed by atoms with Crippen molar-refractivity contribution >= 4 is 0 Å². The van der Waals surface area contributed by atoms with Crippen LogP contribution in [-0.2, 0) is 6.37 Å². The highest BCUT2D eigenvalue weighted by Gasteiger charge is 2.36. The first-order valence-electron chi connectivity index (χ1n) is 13.2. The van der Waals surface area contributed by atoms with E-state index in [9.17, 15) is 1.37 Å². The van der Waals surface area contributed by atoms with Crippen LogP contribution in [0.5, 0.6) is 0 Å². The molecule has 0 unspecified atom stereocenters. The van der Waals surface area contributed by atoms with E-state index < -0.39 is 12.3 Å². The first-order valence-corrected chi connectivity index (χ1v) is 11.2. The molecule has 2 aliphatic heterocycles. The van der Waals surface area contributed by atoms with Gasteiger partial charge in [0.1, 0.15) is 0 Å². The summed E-state index contributed by atoms with van der Waals surface area (Å²) in [7, 11) is 0. The van der Waals surface area contributed by atoms with Crippen LogP contribution in [0.2, 0.25) is 0 Å². The Morgan fingerprint density at radius 2 is 1.47 bits per heavy atom. The maximum atomic E-state index is 10.2. The molecular formula is C28H34N2. The minimum Gasteiger partial charge on any atom is -0.293 e. The van der Waals surface area contributed by atoms with Crippen molar-refractivity contribution in [3.63, 3.8) is 0 Å². The second-order valence-corrected chi connectivity index (χ2v) is 9.20. The van der Waals surface area contributed by atoms with Crippen LogP contribution in [0.15, 0.2) is 71.3 Å². The standard InChI is InChI=1S/C28H34N2/c1-19(2)29-14-13-23-16-30(20(3)4)18-27(26(23)17-29)28-24-11-7-5-9-21(24)15-22-10-6-8-12-25(22)28/h5-13,19-20,28H,14-18H2,1-4H3/i13D,15D2,28D. The van der Waals surface area contributed by atoms with E-state index in [1.807, 2.05) is 48.5 Å². The summed E-state index contributed by atoms with van der Waals surface area (Å²) >= 11 is 0. The Morgan fingerprint density at radius 1 is 0.867 bits per heavy atom. The van der Waals surface area contributed by atoms with Gasteiger partial charge in [0, 0.05) is 48.3 Å². The van der Waals surface area contributed by atoms with E-state index in [0.29, 0.717) is 36.3 Å². The maximum absolute atomic E-state index is 10.2. The monoisotopic (exact) mass is 402 g/mol. The molecule has 2 heteroatoms. The van der Waals surface area contributed by atoms with Gasteiger partial charge in [0.25, 0.3) is 0 Å². The van der Waals surface area contributed by atoms with Gasteiger partial charge in [-0.3, -0.25) is 9.80 Å². The third-order valence-electron chi connectivity index (χ3n) is 6.73. The Hall–Kier alpha value is -2.16. The summed E-state index contributed by atoms with van der Waals surface area (Å²) < 4.78 is 37.1. The van der Waals surface area contributed by atoms with Crippen LogP contribution in [0.3, 0.4) is 0 Å². The summed E-state index contributed by atoms with van der Waals surface area (Å²) in [6.07, 6.45) is -1.66. The summed E-state index contributed by atoms with van der Waals surface area (Å²) in [4.78, 5) is 4.67. The second kappa shape index (κ2) is 7.83. The van der Waals surface area contributed by atoms with Gasteiger partial charge in [-0.25, -0.2) is 0 Å². The Labute approximate surface area is 187 Å². The van der Waals surface area contributed by atoms with E-state index in [1.54, 1.807) is 0 Å². The van der Waals surface area contributed by atoms with Crippen LogP contribution in [-0.4, -0.2) is 48.1 Å². The molecule has 0 spiro atoms. The zero-order valence-corrected chi connectivity index (χ0v) is 18.5. The molecule has 2 nitrogen and oxygen atoms in total. The normalized spacial score (nSPS) is 25.3. The molecule has 2 aromatic carbocycles. The molecule has 0 aromatic heterocycles. The first kappa shape index (κ1) is 15.6. The van der Waals surface area contributed by atoms with Gasteiger partial charge in [-0.2, -0.15) is 0 Å². The van der Waals surface area contributed by atoms with Gasteiger partial charge in [-0.05, 0) is 73.0 Å². The molecular weight excluding hydrogens is 364 g/mol. The zero-order chi connectivity index (χ0) is 24.4. The summed E-state index contributed by atoms with van der Waals surface area (Å²) in [6.45, 7) is 11.4. The second-order valence-electron chi connectivity index (χ2n) is 9.20. The maximum Gasteiger partial charge on any atom is 0.0593 e. The summed E-state index contributed by atoms with van der Waals surface area (Å²) in [5.41, 5.74) is 5.76. The van der Waals surface area contributed by atoms with Gasteiger partial charge in [0.2, 0.25) is 0 Å². The molecule has 156 valence electrons. The molecule has 0 amide bonds. The average Bonchev–Trinajstić information content (AvgIpc) is 2.82. The van der Waals surface area contributed by atoms with Gasteiger partial charge in [-0.1, -0.05) is 54.6 Å². The molecule has 2 heterocycles. The molecule has 0 N–H and O–H groups in total. The highest BCUT2D eigenvalue weighted by molar-refractivity contribution is 5.58. The molecule has 0 atom stereocenters. The van der Waals surface area contributed by atoms with Crippen LogP contribution in [0.4, 0.5) is 0 Å². The first-order chi connectivity index (χ1) is 16.1. The SMILES string of the molecule is [2H]C1=C2CN(C(C)C)CC(C3([2H])c4ccccc4C([2H])([2H])c4ccccc43)=C2CN(C(C)C)C1. The van der Waals surface area contributed by atoms with Gasteiger partial charge in [-0.15, -0.1) is 0 Å². The fourth-order valence-electron chi connectivity index (χ4n) is 4.84. The number of hydrogen-bond acceptors (Lipinski definition) is 2. The van der Waals surface area contributed by atoms with Crippen LogP contribution in [0, 0.1) is 0 Å². The van der Waals surface area contributed by atoms with E-state index in [0.717, 1.165) is 40.9 Å². The highest BCUT2D eigenvalue weighted by Crippen LogP contribution is 2.45. The lowest BCUT2D eigenvalue weighted by molar-refractivity contribution is 0.224. The molecule has 0 saturated carbocycles. The smallest absolute Gasteiger partial charge is 0.0593 e. The molecule has 0 radical (unpaired) electrons. The van der Waals surface area contributed by atoms with E-state index >= 15 is 0 Å². The Bertz CT molecular complexity index is 1140. The third-order valence-corrected chi connectivity index (χ3v) is 6.73. The largest absolute Gasteiger partial charge is 0.293 e. The molecule has 30 heavy (non-hydrogen) atoms. The van der Waals surface area contributed by atoms with Gasteiger partial charge >= 0.3 is 0 Å². The van der Waals surface area contributed by atoms with E-state index in [2.05, 4.69) is 37.5 Å². The van der Waals surface area contributed by atoms with Crippen molar-refractivity contribution in [2.45, 2.75) is 52.0 Å². The Kier molecular flexibility index (Phi) is 4.08. The lowest BCUT2D eigenvalue weighted by Gasteiger charge is -2.43. The summed E-state index contributed by atoms with van der Waals surface area (Å²) in [5, 5.41) is 0.